The Hall–Kier alpha value is -3.25. The minimum absolute atomic E-state index is 0.160. The molecule has 2 aliphatic rings. The summed E-state index contributed by atoms with van der Waals surface area (Å²) in [6, 6.07) is 16.6. The summed E-state index contributed by atoms with van der Waals surface area (Å²) in [4.78, 5) is 22.8. The molecule has 1 spiro atoms. The highest BCUT2D eigenvalue weighted by molar-refractivity contribution is 5.95. The number of benzene rings is 2. The van der Waals surface area contributed by atoms with Crippen LogP contribution in [0.5, 0.6) is 0 Å². The highest BCUT2D eigenvalue weighted by Crippen LogP contribution is 2.43. The number of nitrogens with zero attached hydrogens (tertiary/aromatic N) is 2. The lowest BCUT2D eigenvalue weighted by Gasteiger charge is -2.43. The van der Waals surface area contributed by atoms with E-state index in [4.69, 9.17) is 4.74 Å². The zero-order valence-electron chi connectivity index (χ0n) is 17.0. The van der Waals surface area contributed by atoms with Crippen molar-refractivity contribution in [2.45, 2.75) is 24.9 Å². The number of rotatable bonds is 1. The summed E-state index contributed by atoms with van der Waals surface area (Å²) in [7, 11) is 0. The Labute approximate surface area is 178 Å². The fourth-order valence-electron chi connectivity index (χ4n) is 5.13. The molecule has 0 saturated carbocycles. The van der Waals surface area contributed by atoms with Crippen LogP contribution < -0.4 is 0 Å². The number of aromatic amines is 1. The van der Waals surface area contributed by atoms with Gasteiger partial charge in [-0.1, -0.05) is 36.4 Å². The van der Waals surface area contributed by atoms with Gasteiger partial charge in [0.1, 0.15) is 22.6 Å². The lowest BCUT2D eigenvalue weighted by Crippen LogP contribution is -2.48. The SMILES string of the molecule is O=C(c1ccc2cccc(F)c2n1)N1CCC2(CC1)OCCc1c2[nH]c2ccccc12. The van der Waals surface area contributed by atoms with Crippen LogP contribution in [0.1, 0.15) is 34.6 Å². The molecule has 1 N–H and O–H groups in total. The number of aromatic nitrogens is 2. The largest absolute Gasteiger partial charge is 0.368 e. The Kier molecular flexibility index (Phi) is 4.11. The van der Waals surface area contributed by atoms with Crippen LogP contribution in [0.4, 0.5) is 4.39 Å². The molecule has 6 rings (SSSR count). The molecule has 0 radical (unpaired) electrons. The van der Waals surface area contributed by atoms with Gasteiger partial charge in [0.25, 0.3) is 5.91 Å². The van der Waals surface area contributed by atoms with E-state index in [1.165, 1.54) is 17.0 Å². The normalized spacial score (nSPS) is 17.9. The Morgan fingerprint density at radius 2 is 1.90 bits per heavy atom. The number of hydrogen-bond acceptors (Lipinski definition) is 3. The molecule has 5 nitrogen and oxygen atoms in total. The van der Waals surface area contributed by atoms with Crippen molar-refractivity contribution in [2.24, 2.45) is 0 Å². The summed E-state index contributed by atoms with van der Waals surface area (Å²) in [5.74, 6) is -0.570. The van der Waals surface area contributed by atoms with Gasteiger partial charge in [0.2, 0.25) is 0 Å². The highest BCUT2D eigenvalue weighted by atomic mass is 19.1. The highest BCUT2D eigenvalue weighted by Gasteiger charge is 2.43. The molecule has 0 unspecified atom stereocenters. The average Bonchev–Trinajstić information content (AvgIpc) is 3.20. The molecule has 4 heterocycles. The van der Waals surface area contributed by atoms with Gasteiger partial charge in [-0.05, 0) is 43.0 Å². The van der Waals surface area contributed by atoms with Crippen molar-refractivity contribution in [3.63, 3.8) is 0 Å². The molecular formula is C25H22FN3O2. The number of pyridine rings is 1. The van der Waals surface area contributed by atoms with Crippen LogP contribution in [0.25, 0.3) is 21.8 Å². The number of likely N-dealkylation sites (tertiary alicyclic amines) is 1. The van der Waals surface area contributed by atoms with Crippen molar-refractivity contribution in [1.82, 2.24) is 14.9 Å². The van der Waals surface area contributed by atoms with E-state index in [2.05, 4.69) is 28.2 Å². The van der Waals surface area contributed by atoms with Crippen LogP contribution in [0.3, 0.4) is 0 Å². The van der Waals surface area contributed by atoms with Crippen molar-refractivity contribution >= 4 is 27.7 Å². The third-order valence-corrected chi connectivity index (χ3v) is 6.75. The standard InChI is InChI=1S/C25H22FN3O2/c26-19-6-3-4-16-8-9-21(27-22(16)19)24(30)29-13-11-25(12-14-29)23-18(10-15-31-25)17-5-1-2-7-20(17)28-23/h1-9,28H,10-15H2. The molecule has 4 aromatic rings. The van der Waals surface area contributed by atoms with Crippen LogP contribution >= 0.6 is 0 Å². The van der Waals surface area contributed by atoms with E-state index < -0.39 is 5.82 Å². The number of carbonyl (C=O) groups is 1. The topological polar surface area (TPSA) is 58.2 Å². The molecule has 0 atom stereocenters. The first-order valence-corrected chi connectivity index (χ1v) is 10.7. The number of carbonyl (C=O) groups excluding carboxylic acids is 1. The van der Waals surface area contributed by atoms with Crippen LogP contribution in [-0.2, 0) is 16.8 Å². The Bertz CT molecular complexity index is 1320. The van der Waals surface area contributed by atoms with E-state index in [-0.39, 0.29) is 22.7 Å². The zero-order valence-corrected chi connectivity index (χ0v) is 17.0. The molecular weight excluding hydrogens is 393 g/mol. The number of amides is 1. The van der Waals surface area contributed by atoms with E-state index in [9.17, 15) is 9.18 Å². The van der Waals surface area contributed by atoms with Crippen molar-refractivity contribution in [1.29, 1.82) is 0 Å². The van der Waals surface area contributed by atoms with Crippen molar-refractivity contribution in [3.8, 4) is 0 Å². The van der Waals surface area contributed by atoms with Gasteiger partial charge in [-0.15, -0.1) is 0 Å². The third kappa shape index (κ3) is 2.86. The van der Waals surface area contributed by atoms with E-state index in [0.717, 1.165) is 30.5 Å². The predicted octanol–water partition coefficient (Wildman–Crippen LogP) is 4.56. The number of ether oxygens (including phenoxy) is 1. The fourth-order valence-corrected chi connectivity index (χ4v) is 5.13. The Morgan fingerprint density at radius 1 is 1.06 bits per heavy atom. The Morgan fingerprint density at radius 3 is 2.77 bits per heavy atom. The number of hydrogen-bond donors (Lipinski definition) is 1. The van der Waals surface area contributed by atoms with Gasteiger partial charge in [0.15, 0.2) is 0 Å². The lowest BCUT2D eigenvalue weighted by atomic mass is 9.83. The molecule has 2 aromatic carbocycles. The minimum Gasteiger partial charge on any atom is -0.368 e. The van der Waals surface area contributed by atoms with Crippen LogP contribution in [0.2, 0.25) is 0 Å². The molecule has 0 aliphatic carbocycles. The average molecular weight is 415 g/mol. The first kappa shape index (κ1) is 18.5. The van der Waals surface area contributed by atoms with Gasteiger partial charge in [0.05, 0.1) is 12.3 Å². The molecule has 2 aliphatic heterocycles. The number of piperidine rings is 1. The second kappa shape index (κ2) is 6.89. The number of nitrogens with one attached hydrogen (secondary N) is 1. The van der Waals surface area contributed by atoms with Gasteiger partial charge in [-0.25, -0.2) is 9.37 Å². The maximum atomic E-state index is 14.1. The maximum absolute atomic E-state index is 14.1. The molecule has 1 fully saturated rings. The van der Waals surface area contributed by atoms with E-state index >= 15 is 0 Å². The van der Waals surface area contributed by atoms with Crippen molar-refractivity contribution in [3.05, 3.63) is 77.4 Å². The molecule has 6 heteroatoms. The molecule has 1 saturated heterocycles. The summed E-state index contributed by atoms with van der Waals surface area (Å²) in [5.41, 5.74) is 3.78. The number of halogens is 1. The van der Waals surface area contributed by atoms with E-state index in [0.29, 0.717) is 25.1 Å². The first-order valence-electron chi connectivity index (χ1n) is 10.7. The monoisotopic (exact) mass is 415 g/mol. The van der Waals surface area contributed by atoms with Crippen molar-refractivity contribution < 1.29 is 13.9 Å². The second-order valence-electron chi connectivity index (χ2n) is 8.42. The fraction of sp³-hybridized carbons (Fsp3) is 0.280. The summed E-state index contributed by atoms with van der Waals surface area (Å²) in [6.07, 6.45) is 2.34. The maximum Gasteiger partial charge on any atom is 0.272 e. The lowest BCUT2D eigenvalue weighted by molar-refractivity contribution is -0.0957. The quantitative estimate of drug-likeness (QED) is 0.496. The number of para-hydroxylation sites is 2. The van der Waals surface area contributed by atoms with E-state index in [1.54, 1.807) is 29.2 Å². The van der Waals surface area contributed by atoms with E-state index in [1.807, 2.05) is 6.07 Å². The minimum atomic E-state index is -0.410. The first-order chi connectivity index (χ1) is 15.1. The summed E-state index contributed by atoms with van der Waals surface area (Å²) in [6.45, 7) is 1.84. The molecule has 1 amide bonds. The molecule has 31 heavy (non-hydrogen) atoms. The number of H-pyrrole nitrogens is 1. The molecule has 2 aromatic heterocycles. The van der Waals surface area contributed by atoms with Gasteiger partial charge in [-0.3, -0.25) is 4.79 Å². The Balaban J connectivity index is 1.27. The van der Waals surface area contributed by atoms with Crippen LogP contribution in [-0.4, -0.2) is 40.5 Å². The molecule has 156 valence electrons. The predicted molar refractivity (Wildman–Crippen MR) is 116 cm³/mol. The number of fused-ring (bicyclic) bond motifs is 5. The van der Waals surface area contributed by atoms with Gasteiger partial charge in [0, 0.05) is 29.4 Å². The smallest absolute Gasteiger partial charge is 0.272 e. The second-order valence-corrected chi connectivity index (χ2v) is 8.42. The van der Waals surface area contributed by atoms with Crippen molar-refractivity contribution in [2.75, 3.05) is 19.7 Å². The van der Waals surface area contributed by atoms with Crippen LogP contribution in [0.15, 0.2) is 54.6 Å². The van der Waals surface area contributed by atoms with Crippen LogP contribution in [0, 0.1) is 5.82 Å². The third-order valence-electron chi connectivity index (χ3n) is 6.75. The molecule has 0 bridgehead atoms. The summed E-state index contributed by atoms with van der Waals surface area (Å²) >= 11 is 0. The zero-order chi connectivity index (χ0) is 21.0. The summed E-state index contributed by atoms with van der Waals surface area (Å²) in [5, 5.41) is 1.96. The summed E-state index contributed by atoms with van der Waals surface area (Å²) < 4.78 is 20.5. The van der Waals surface area contributed by atoms with Gasteiger partial charge >= 0.3 is 0 Å². The van der Waals surface area contributed by atoms with Gasteiger partial charge in [-0.2, -0.15) is 0 Å². The van der Waals surface area contributed by atoms with Gasteiger partial charge < -0.3 is 14.6 Å².